The van der Waals surface area contributed by atoms with Crippen molar-refractivity contribution in [3.8, 4) is 0 Å². The number of ether oxygens (including phenoxy) is 4. The molecule has 0 unspecified atom stereocenters. The van der Waals surface area contributed by atoms with Crippen LogP contribution < -0.4 is 10.6 Å². The molecule has 2 saturated heterocycles. The van der Waals surface area contributed by atoms with Crippen molar-refractivity contribution in [3.63, 3.8) is 0 Å². The van der Waals surface area contributed by atoms with Gasteiger partial charge >= 0.3 is 23.9 Å². The molecule has 2 heterocycles. The van der Waals surface area contributed by atoms with Crippen molar-refractivity contribution in [1.82, 2.24) is 9.80 Å². The van der Waals surface area contributed by atoms with Gasteiger partial charge < -0.3 is 39.4 Å². The summed E-state index contributed by atoms with van der Waals surface area (Å²) in [6, 6.07) is 10.4. The van der Waals surface area contributed by atoms with Crippen molar-refractivity contribution in [1.29, 1.82) is 0 Å². The number of benzene rings is 2. The molecule has 4 amide bonds. The topological polar surface area (TPSA) is 204 Å². The second kappa shape index (κ2) is 21.3. The Morgan fingerprint density at radius 3 is 1.52 bits per heavy atom. The summed E-state index contributed by atoms with van der Waals surface area (Å²) in [5.41, 5.74) is 4.76. The van der Waals surface area contributed by atoms with Crippen molar-refractivity contribution in [2.45, 2.75) is 116 Å². The lowest BCUT2D eigenvalue weighted by atomic mass is 9.93. The molecule has 16 nitrogen and oxygen atoms in total. The molecule has 0 radical (unpaired) electrons. The summed E-state index contributed by atoms with van der Waals surface area (Å²) >= 11 is 0. The molecule has 16 heteroatoms. The van der Waals surface area contributed by atoms with Crippen LogP contribution in [0.15, 0.2) is 48.6 Å². The monoisotopic (exact) mass is 870 g/mol. The quantitative estimate of drug-likeness (QED) is 0.0865. The lowest BCUT2D eigenvalue weighted by Gasteiger charge is -2.27. The van der Waals surface area contributed by atoms with Gasteiger partial charge in [0.25, 0.3) is 0 Å². The van der Waals surface area contributed by atoms with Crippen molar-refractivity contribution >= 4 is 58.9 Å². The predicted octanol–water partition coefficient (Wildman–Crippen LogP) is 4.54. The maximum atomic E-state index is 13.4. The fourth-order valence-electron chi connectivity index (χ4n) is 8.48. The van der Waals surface area contributed by atoms with Crippen LogP contribution in [-0.4, -0.2) is 109 Å². The number of amides is 4. The van der Waals surface area contributed by atoms with Crippen molar-refractivity contribution in [2.75, 3.05) is 50.2 Å². The Morgan fingerprint density at radius 2 is 1.06 bits per heavy atom. The van der Waals surface area contributed by atoms with Gasteiger partial charge in [0.2, 0.25) is 23.6 Å². The molecule has 0 aromatic heterocycles. The molecule has 6 rings (SSSR count). The third-order valence-electron chi connectivity index (χ3n) is 12.1. The number of anilines is 2. The first-order valence-electron chi connectivity index (χ1n) is 22.0. The van der Waals surface area contributed by atoms with E-state index in [1.165, 1.54) is 45.9 Å². The average molecular weight is 871 g/mol. The van der Waals surface area contributed by atoms with Crippen LogP contribution in [0.1, 0.15) is 100 Å². The highest BCUT2D eigenvalue weighted by molar-refractivity contribution is 5.99. The molecule has 0 spiro atoms. The Morgan fingerprint density at radius 1 is 0.619 bits per heavy atom. The van der Waals surface area contributed by atoms with Crippen LogP contribution >= 0.6 is 0 Å². The molecule has 2 aromatic carbocycles. The van der Waals surface area contributed by atoms with Crippen LogP contribution in [0.5, 0.6) is 0 Å². The van der Waals surface area contributed by atoms with Gasteiger partial charge in [-0.15, -0.1) is 0 Å². The smallest absolute Gasteiger partial charge is 0.333 e. The minimum Gasteiger partial charge on any atom is -0.464 e. The van der Waals surface area contributed by atoms with Gasteiger partial charge in [0.05, 0.1) is 12.8 Å². The normalized spacial score (nSPS) is 17.6. The average Bonchev–Trinajstić information content (AvgIpc) is 4.12. The molecule has 63 heavy (non-hydrogen) atoms. The highest BCUT2D eigenvalue weighted by atomic mass is 16.6. The van der Waals surface area contributed by atoms with Crippen LogP contribution in [0.3, 0.4) is 0 Å². The minimum absolute atomic E-state index is 0.151. The maximum absolute atomic E-state index is 13.4. The molecule has 338 valence electrons. The van der Waals surface area contributed by atoms with Crippen molar-refractivity contribution in [2.24, 2.45) is 5.41 Å². The summed E-state index contributed by atoms with van der Waals surface area (Å²) in [7, 11) is 0. The molecule has 0 bridgehead atoms. The van der Waals surface area contributed by atoms with Gasteiger partial charge in [-0.3, -0.25) is 33.6 Å². The molecular weight excluding hydrogens is 813 g/mol. The van der Waals surface area contributed by atoms with E-state index in [-0.39, 0.29) is 56.3 Å². The predicted molar refractivity (Wildman–Crippen MR) is 229 cm³/mol. The maximum Gasteiger partial charge on any atom is 0.333 e. The van der Waals surface area contributed by atoms with E-state index in [1.54, 1.807) is 0 Å². The summed E-state index contributed by atoms with van der Waals surface area (Å²) in [4.78, 5) is 107. The fraction of sp³-hybridized carbons (Fsp3) is 0.532. The number of nitrogens with zero attached hydrogens (tertiary/aromatic N) is 2. The van der Waals surface area contributed by atoms with E-state index in [1.807, 2.05) is 36.4 Å². The van der Waals surface area contributed by atoms with Gasteiger partial charge in [0, 0.05) is 42.9 Å². The SMILES string of the molecule is C=C(C)C(=O)OCCOC(=O)C(C)(COC(=O)CCC(=O)N1CCC[C@H]1C(=O)Nc1ccc2c(c1)CCC2)COC(=O)CCC(=O)N1CCC[C@H]1C(=O)Nc1ccc2c(c1)CCC2. The number of esters is 4. The number of carbonyl (C=O) groups excluding carboxylic acids is 8. The third-order valence-corrected chi connectivity index (χ3v) is 12.1. The molecule has 2 aliphatic carbocycles. The van der Waals surface area contributed by atoms with Crippen LogP contribution in [0.25, 0.3) is 0 Å². The Hall–Kier alpha value is -6.06. The molecule has 2 aromatic rings. The highest BCUT2D eigenvalue weighted by Gasteiger charge is 2.40. The van der Waals surface area contributed by atoms with Crippen molar-refractivity contribution in [3.05, 3.63) is 70.8 Å². The standard InChI is InChI=1S/C47H58N4O12/c1-30(2)45(58)60-24-25-61-46(59)47(3,28-62-41(54)20-18-39(52)50-22-6-12-37(50)43(56)48-35-16-14-31-8-4-10-33(31)26-35)29-63-42(55)21-19-40(53)51-23-7-13-38(51)44(57)49-36-17-15-32-9-5-11-34(32)27-36/h14-17,26-27,37-38H,1,4-13,18-25,28-29H2,2-3H3,(H,48,56)(H,49,57)/t37-,38-/m0/s1. The van der Waals surface area contributed by atoms with Crippen LogP contribution in [-0.2, 0) is 83.0 Å². The van der Waals surface area contributed by atoms with Gasteiger partial charge in [-0.05, 0) is 125 Å². The van der Waals surface area contributed by atoms with Gasteiger partial charge in [-0.25, -0.2) is 4.79 Å². The van der Waals surface area contributed by atoms with E-state index in [2.05, 4.69) is 17.2 Å². The lowest BCUT2D eigenvalue weighted by Crippen LogP contribution is -2.43. The first kappa shape index (κ1) is 46.4. The Balaban J connectivity index is 0.976. The van der Waals surface area contributed by atoms with E-state index >= 15 is 0 Å². The van der Waals surface area contributed by atoms with Gasteiger partial charge in [0.15, 0.2) is 0 Å². The number of hydrogen-bond acceptors (Lipinski definition) is 12. The molecule has 2 fully saturated rings. The van der Waals surface area contributed by atoms with Gasteiger partial charge in [0.1, 0.15) is 43.9 Å². The van der Waals surface area contributed by atoms with Crippen molar-refractivity contribution < 1.29 is 57.3 Å². The molecule has 4 aliphatic rings. The third kappa shape index (κ3) is 12.3. The lowest BCUT2D eigenvalue weighted by molar-refractivity contribution is -0.172. The van der Waals surface area contributed by atoms with E-state index in [0.717, 1.165) is 38.5 Å². The van der Waals surface area contributed by atoms with Crippen LogP contribution in [0.2, 0.25) is 0 Å². The minimum atomic E-state index is -1.73. The molecule has 2 N–H and O–H groups in total. The Kier molecular flexibility index (Phi) is 15.7. The van der Waals surface area contributed by atoms with Gasteiger partial charge in [-0.2, -0.15) is 0 Å². The second-order valence-corrected chi connectivity index (χ2v) is 17.1. The molecule has 2 aliphatic heterocycles. The Bertz CT molecular complexity index is 1990. The molecule has 0 saturated carbocycles. The Labute approximate surface area is 367 Å². The number of nitrogens with one attached hydrogen (secondary N) is 2. The van der Waals surface area contributed by atoms with E-state index in [0.29, 0.717) is 50.1 Å². The number of aryl methyl sites for hydroxylation is 4. The number of hydrogen-bond donors (Lipinski definition) is 2. The zero-order valence-corrected chi connectivity index (χ0v) is 36.3. The van der Waals surface area contributed by atoms with Crippen LogP contribution in [0.4, 0.5) is 11.4 Å². The van der Waals surface area contributed by atoms with Crippen LogP contribution in [0, 0.1) is 5.41 Å². The summed E-state index contributed by atoms with van der Waals surface area (Å²) in [5.74, 6) is -4.61. The molecular formula is C47H58N4O12. The number of likely N-dealkylation sites (tertiary alicyclic amines) is 2. The number of fused-ring (bicyclic) bond motifs is 2. The largest absolute Gasteiger partial charge is 0.464 e. The summed E-state index contributed by atoms with van der Waals surface area (Å²) in [6.45, 7) is 5.20. The highest BCUT2D eigenvalue weighted by Crippen LogP contribution is 2.29. The zero-order chi connectivity index (χ0) is 45.1. The number of carbonyl (C=O) groups is 8. The van der Waals surface area contributed by atoms with E-state index in [4.69, 9.17) is 18.9 Å². The first-order chi connectivity index (χ1) is 30.2. The number of rotatable bonds is 19. The van der Waals surface area contributed by atoms with Gasteiger partial charge in [-0.1, -0.05) is 18.7 Å². The summed E-state index contributed by atoms with van der Waals surface area (Å²) in [5, 5.41) is 5.88. The molecule has 2 atom stereocenters. The summed E-state index contributed by atoms with van der Waals surface area (Å²) < 4.78 is 21.1. The second-order valence-electron chi connectivity index (χ2n) is 17.1. The van der Waals surface area contributed by atoms with E-state index in [9.17, 15) is 38.4 Å². The zero-order valence-electron chi connectivity index (χ0n) is 36.3. The first-order valence-corrected chi connectivity index (χ1v) is 22.0. The van der Waals surface area contributed by atoms with E-state index < -0.39 is 66.4 Å². The fourth-order valence-corrected chi connectivity index (χ4v) is 8.48. The summed E-state index contributed by atoms with van der Waals surface area (Å²) in [6.07, 6.45) is 7.17.